The van der Waals surface area contributed by atoms with Gasteiger partial charge in [-0.25, -0.2) is 0 Å². The first-order valence-electron chi connectivity index (χ1n) is 10.1. The summed E-state index contributed by atoms with van der Waals surface area (Å²) in [7, 11) is 0. The van der Waals surface area contributed by atoms with Gasteiger partial charge in [0.05, 0.1) is 11.3 Å². The maximum Gasteiger partial charge on any atom is 0.145 e. The van der Waals surface area contributed by atoms with Crippen LogP contribution in [0.3, 0.4) is 0 Å². The zero-order chi connectivity index (χ0) is 17.2. The molecule has 4 bridgehead atoms. The minimum Gasteiger partial charge on any atom is -0.299 e. The molecule has 2 nitrogen and oxygen atoms in total. The first-order chi connectivity index (χ1) is 11.9. The number of fused-ring (bicyclic) bond motifs is 1. The highest BCUT2D eigenvalue weighted by Gasteiger charge is 2.54. The minimum absolute atomic E-state index is 0.00615. The number of aliphatic imine (C=N–C) groups is 1. The molecule has 0 spiro atoms. The molecule has 0 N–H and O–H groups in total. The molecule has 1 aromatic carbocycles. The van der Waals surface area contributed by atoms with Crippen molar-refractivity contribution in [3.05, 3.63) is 35.4 Å². The number of carbonyl (C=O) groups is 1. The van der Waals surface area contributed by atoms with E-state index in [1.54, 1.807) is 0 Å². The molecule has 4 aliphatic carbocycles. The molecule has 0 atom stereocenters. The van der Waals surface area contributed by atoms with Crippen molar-refractivity contribution in [2.24, 2.45) is 28.2 Å². The van der Waals surface area contributed by atoms with E-state index in [-0.39, 0.29) is 11.0 Å². The van der Waals surface area contributed by atoms with Crippen LogP contribution in [0.1, 0.15) is 69.9 Å². The lowest BCUT2D eigenvalue weighted by Crippen LogP contribution is -2.50. The molecule has 1 aliphatic heterocycles. The highest BCUT2D eigenvalue weighted by atomic mass is 16.1. The Balaban J connectivity index is 1.45. The van der Waals surface area contributed by atoms with Crippen LogP contribution in [0.25, 0.3) is 0 Å². The molecular weight excluding hydrogens is 306 g/mol. The minimum atomic E-state index is -0.0918. The molecule has 0 aromatic heterocycles. The van der Waals surface area contributed by atoms with E-state index in [0.717, 1.165) is 49.1 Å². The number of ketones is 1. The zero-order valence-electron chi connectivity index (χ0n) is 15.6. The smallest absolute Gasteiger partial charge is 0.145 e. The first-order valence-corrected chi connectivity index (χ1v) is 10.1. The molecule has 4 saturated carbocycles. The van der Waals surface area contributed by atoms with Gasteiger partial charge < -0.3 is 0 Å². The topological polar surface area (TPSA) is 29.4 Å². The predicted molar refractivity (Wildman–Crippen MR) is 101 cm³/mol. The summed E-state index contributed by atoms with van der Waals surface area (Å²) in [5.74, 6) is 2.98. The Kier molecular flexibility index (Phi) is 3.34. The average molecular weight is 335 g/mol. The van der Waals surface area contributed by atoms with Gasteiger partial charge in [0.2, 0.25) is 0 Å². The fourth-order valence-corrected chi connectivity index (χ4v) is 6.81. The van der Waals surface area contributed by atoms with Crippen LogP contribution in [0, 0.1) is 23.2 Å². The summed E-state index contributed by atoms with van der Waals surface area (Å²) in [6, 6.07) is 8.57. The number of rotatable bonds is 3. The summed E-state index contributed by atoms with van der Waals surface area (Å²) in [6.07, 6.45) is 9.18. The van der Waals surface area contributed by atoms with Crippen LogP contribution in [0.5, 0.6) is 0 Å². The van der Waals surface area contributed by atoms with Gasteiger partial charge in [-0.3, -0.25) is 9.79 Å². The number of carbonyl (C=O) groups excluding carboxylic acids is 1. The van der Waals surface area contributed by atoms with Crippen molar-refractivity contribution in [2.75, 3.05) is 0 Å². The van der Waals surface area contributed by atoms with Crippen molar-refractivity contribution < 1.29 is 4.79 Å². The van der Waals surface area contributed by atoms with Crippen molar-refractivity contribution >= 4 is 11.5 Å². The lowest BCUT2D eigenvalue weighted by molar-refractivity contribution is -0.142. The molecular formula is C23H29NO. The third kappa shape index (κ3) is 2.60. The van der Waals surface area contributed by atoms with Crippen molar-refractivity contribution in [3.8, 4) is 0 Å². The van der Waals surface area contributed by atoms with Gasteiger partial charge in [0.25, 0.3) is 0 Å². The molecule has 0 saturated heterocycles. The van der Waals surface area contributed by atoms with Gasteiger partial charge in [-0.2, -0.15) is 0 Å². The van der Waals surface area contributed by atoms with Gasteiger partial charge >= 0.3 is 0 Å². The fraction of sp³-hybridized carbons (Fsp3) is 0.652. The van der Waals surface area contributed by atoms with E-state index < -0.39 is 0 Å². The van der Waals surface area contributed by atoms with E-state index in [1.807, 2.05) is 0 Å². The van der Waals surface area contributed by atoms with E-state index in [4.69, 9.17) is 4.99 Å². The van der Waals surface area contributed by atoms with Crippen LogP contribution >= 0.6 is 0 Å². The predicted octanol–water partition coefficient (Wildman–Crippen LogP) is 4.99. The average Bonchev–Trinajstić information content (AvgIpc) is 2.52. The van der Waals surface area contributed by atoms with Crippen LogP contribution in [0.2, 0.25) is 0 Å². The van der Waals surface area contributed by atoms with Gasteiger partial charge in [0, 0.05) is 11.8 Å². The van der Waals surface area contributed by atoms with Gasteiger partial charge in [-0.15, -0.1) is 0 Å². The summed E-state index contributed by atoms with van der Waals surface area (Å²) in [6.45, 7) is 4.39. The summed E-state index contributed by atoms with van der Waals surface area (Å²) in [4.78, 5) is 18.5. The number of hydrogen-bond acceptors (Lipinski definition) is 2. The second kappa shape index (κ2) is 5.28. The molecule has 0 amide bonds. The number of Topliss-reactive ketones (excluding diaryl/α,β-unsaturated/α-hetero) is 1. The van der Waals surface area contributed by atoms with Crippen molar-refractivity contribution in [1.82, 2.24) is 0 Å². The molecule has 0 unspecified atom stereocenters. The standard InChI is InChI=1S/C23H29NO/c1-22(2)14-18-5-3-4-6-19(18)20(24-22)10-21(25)23-11-15-7-16(12-23)9-17(8-15)13-23/h3-6,15-17H,7-14H2,1-2H3. The maximum atomic E-state index is 13.5. The van der Waals surface area contributed by atoms with Gasteiger partial charge in [-0.05, 0) is 87.7 Å². The van der Waals surface area contributed by atoms with Crippen molar-refractivity contribution in [3.63, 3.8) is 0 Å². The molecule has 6 rings (SSSR count). The van der Waals surface area contributed by atoms with Crippen molar-refractivity contribution in [2.45, 2.75) is 70.8 Å². The van der Waals surface area contributed by atoms with Crippen LogP contribution < -0.4 is 0 Å². The van der Waals surface area contributed by atoms with E-state index in [0.29, 0.717) is 12.2 Å². The summed E-state index contributed by atoms with van der Waals surface area (Å²) >= 11 is 0. The van der Waals surface area contributed by atoms with Crippen LogP contribution in [-0.2, 0) is 11.2 Å². The summed E-state index contributed by atoms with van der Waals surface area (Å²) in [5.41, 5.74) is 3.53. The van der Waals surface area contributed by atoms with E-state index in [9.17, 15) is 4.79 Å². The highest BCUT2D eigenvalue weighted by molar-refractivity contribution is 6.13. The lowest BCUT2D eigenvalue weighted by Gasteiger charge is -2.56. The Bertz CT molecular complexity index is 722. The molecule has 0 radical (unpaired) electrons. The van der Waals surface area contributed by atoms with Gasteiger partial charge in [0.1, 0.15) is 5.78 Å². The highest BCUT2D eigenvalue weighted by Crippen LogP contribution is 2.60. The number of hydrogen-bond donors (Lipinski definition) is 0. The lowest BCUT2D eigenvalue weighted by atomic mass is 9.48. The summed E-state index contributed by atoms with van der Waals surface area (Å²) < 4.78 is 0. The maximum absolute atomic E-state index is 13.5. The Morgan fingerprint density at radius 3 is 2.28 bits per heavy atom. The zero-order valence-corrected chi connectivity index (χ0v) is 15.6. The Labute approximate surface area is 151 Å². The number of nitrogens with zero attached hydrogens (tertiary/aromatic N) is 1. The van der Waals surface area contributed by atoms with Crippen molar-refractivity contribution in [1.29, 1.82) is 0 Å². The summed E-state index contributed by atoms with van der Waals surface area (Å²) in [5, 5.41) is 0. The molecule has 4 fully saturated rings. The monoisotopic (exact) mass is 335 g/mol. The Morgan fingerprint density at radius 1 is 1.04 bits per heavy atom. The van der Waals surface area contributed by atoms with E-state index in [1.165, 1.54) is 30.4 Å². The third-order valence-electron chi connectivity index (χ3n) is 7.35. The van der Waals surface area contributed by atoms with Crippen LogP contribution in [0.4, 0.5) is 0 Å². The Morgan fingerprint density at radius 2 is 1.64 bits per heavy atom. The fourth-order valence-electron chi connectivity index (χ4n) is 6.81. The third-order valence-corrected chi connectivity index (χ3v) is 7.35. The normalized spacial score (nSPS) is 37.5. The molecule has 1 aromatic rings. The largest absolute Gasteiger partial charge is 0.299 e. The molecule has 132 valence electrons. The molecule has 2 heteroatoms. The van der Waals surface area contributed by atoms with Gasteiger partial charge in [-0.1, -0.05) is 24.3 Å². The Hall–Kier alpha value is -1.44. The quantitative estimate of drug-likeness (QED) is 0.765. The second-order valence-corrected chi connectivity index (χ2v) is 10.0. The van der Waals surface area contributed by atoms with E-state index >= 15 is 0 Å². The van der Waals surface area contributed by atoms with Gasteiger partial charge in [0.15, 0.2) is 0 Å². The van der Waals surface area contributed by atoms with Crippen LogP contribution in [0.15, 0.2) is 29.3 Å². The second-order valence-electron chi connectivity index (χ2n) is 10.0. The van der Waals surface area contributed by atoms with E-state index in [2.05, 4.69) is 38.1 Å². The first kappa shape index (κ1) is 15.8. The molecule has 25 heavy (non-hydrogen) atoms. The number of benzene rings is 1. The van der Waals surface area contributed by atoms with Crippen LogP contribution in [-0.4, -0.2) is 17.0 Å². The molecule has 1 heterocycles. The molecule has 5 aliphatic rings. The SMILES string of the molecule is CC1(C)Cc2ccccc2C(CC(=O)C23CC4CC(CC(C4)C2)C3)=N1.